The van der Waals surface area contributed by atoms with Crippen molar-refractivity contribution in [1.82, 2.24) is 15.3 Å². The molecule has 0 radical (unpaired) electrons. The van der Waals surface area contributed by atoms with Crippen molar-refractivity contribution in [2.24, 2.45) is 0 Å². The van der Waals surface area contributed by atoms with Gasteiger partial charge in [0.2, 0.25) is 0 Å². The van der Waals surface area contributed by atoms with Crippen molar-refractivity contribution in [2.45, 2.75) is 6.54 Å². The smallest absolute Gasteiger partial charge is 0.270 e. The highest BCUT2D eigenvalue weighted by Crippen LogP contribution is 2.20. The molecule has 0 aliphatic rings. The molecule has 2 N–H and O–H groups in total. The molecule has 3 aromatic rings. The molecule has 0 saturated heterocycles. The van der Waals surface area contributed by atoms with Gasteiger partial charge in [0.05, 0.1) is 11.9 Å². The molecule has 24 heavy (non-hydrogen) atoms. The third-order valence-corrected chi connectivity index (χ3v) is 3.81. The van der Waals surface area contributed by atoms with Crippen LogP contribution in [0.1, 0.15) is 16.1 Å². The van der Waals surface area contributed by atoms with Crippen molar-refractivity contribution < 1.29 is 4.79 Å². The summed E-state index contributed by atoms with van der Waals surface area (Å²) in [6.07, 6.45) is 5.03. The summed E-state index contributed by atoms with van der Waals surface area (Å²) in [5, 5.41) is 6.07. The van der Waals surface area contributed by atoms with E-state index < -0.39 is 0 Å². The van der Waals surface area contributed by atoms with Gasteiger partial charge in [0.25, 0.3) is 5.91 Å². The molecule has 0 fully saturated rings. The minimum Gasteiger partial charge on any atom is -0.354 e. The molecule has 5 nitrogen and oxygen atoms in total. The maximum Gasteiger partial charge on any atom is 0.270 e. The molecule has 2 aromatic heterocycles. The Labute approximate surface area is 148 Å². The van der Waals surface area contributed by atoms with Gasteiger partial charge in [-0.25, -0.2) is 4.98 Å². The summed E-state index contributed by atoms with van der Waals surface area (Å²) < 4.78 is 0.993. The maximum absolute atomic E-state index is 12.1. The number of hydrogen-bond acceptors (Lipinski definition) is 4. The Morgan fingerprint density at radius 1 is 1.04 bits per heavy atom. The first-order valence-electron chi connectivity index (χ1n) is 7.36. The van der Waals surface area contributed by atoms with E-state index in [4.69, 9.17) is 0 Å². The lowest BCUT2D eigenvalue weighted by Gasteiger charge is -2.08. The minimum atomic E-state index is -0.208. The summed E-state index contributed by atoms with van der Waals surface area (Å²) in [4.78, 5) is 20.3. The van der Waals surface area contributed by atoms with E-state index in [1.807, 2.05) is 42.5 Å². The second-order valence-electron chi connectivity index (χ2n) is 5.11. The number of pyridine rings is 2. The molecule has 1 aromatic carbocycles. The monoisotopic (exact) mass is 382 g/mol. The number of nitrogens with zero attached hydrogens (tertiary/aromatic N) is 2. The van der Waals surface area contributed by atoms with Crippen LogP contribution in [0.15, 0.2) is 71.6 Å². The molecule has 3 rings (SSSR count). The van der Waals surface area contributed by atoms with Crippen LogP contribution in [-0.2, 0) is 6.54 Å². The number of carbonyl (C=O) groups excluding carboxylic acids is 1. The second-order valence-corrected chi connectivity index (χ2v) is 6.02. The van der Waals surface area contributed by atoms with Crippen molar-refractivity contribution in [3.63, 3.8) is 0 Å². The van der Waals surface area contributed by atoms with E-state index in [0.717, 1.165) is 21.4 Å². The third-order valence-electron chi connectivity index (χ3n) is 3.31. The molecule has 0 spiro atoms. The number of nitrogens with one attached hydrogen (secondary N) is 2. The van der Waals surface area contributed by atoms with E-state index in [2.05, 4.69) is 36.5 Å². The van der Waals surface area contributed by atoms with E-state index in [-0.39, 0.29) is 5.91 Å². The van der Waals surface area contributed by atoms with Crippen molar-refractivity contribution in [3.05, 3.63) is 82.9 Å². The van der Waals surface area contributed by atoms with Crippen LogP contribution in [0.2, 0.25) is 0 Å². The van der Waals surface area contributed by atoms with Gasteiger partial charge in [-0.2, -0.15) is 0 Å². The molecular formula is C18H15BrN4O. The Kier molecular flexibility index (Phi) is 5.18. The predicted octanol–water partition coefficient (Wildman–Crippen LogP) is 3.91. The number of carbonyl (C=O) groups is 1. The third kappa shape index (κ3) is 4.39. The standard InChI is InChI=1S/C18H15BrN4O/c19-14-2-1-3-15(10-14)23-16-4-5-17(21-12-16)18(24)22-11-13-6-8-20-9-7-13/h1-10,12,23H,11H2,(H,22,24). The van der Waals surface area contributed by atoms with Crippen LogP contribution in [0, 0.1) is 0 Å². The SMILES string of the molecule is O=C(NCc1ccncc1)c1ccc(Nc2cccc(Br)c2)cn1. The molecule has 1 amide bonds. The lowest BCUT2D eigenvalue weighted by molar-refractivity contribution is 0.0946. The normalized spacial score (nSPS) is 10.2. The molecule has 6 heteroatoms. The van der Waals surface area contributed by atoms with Gasteiger partial charge in [-0.3, -0.25) is 9.78 Å². The van der Waals surface area contributed by atoms with Crippen LogP contribution >= 0.6 is 15.9 Å². The quantitative estimate of drug-likeness (QED) is 0.701. The van der Waals surface area contributed by atoms with Gasteiger partial charge in [0.15, 0.2) is 0 Å². The van der Waals surface area contributed by atoms with Crippen LogP contribution in [0.4, 0.5) is 11.4 Å². The van der Waals surface area contributed by atoms with E-state index in [1.165, 1.54) is 0 Å². The Balaban J connectivity index is 1.60. The number of aromatic nitrogens is 2. The van der Waals surface area contributed by atoms with E-state index in [0.29, 0.717) is 12.2 Å². The molecule has 0 unspecified atom stereocenters. The topological polar surface area (TPSA) is 66.9 Å². The zero-order chi connectivity index (χ0) is 16.8. The first kappa shape index (κ1) is 16.1. The number of rotatable bonds is 5. The molecule has 0 aliphatic heterocycles. The molecule has 2 heterocycles. The number of halogens is 1. The van der Waals surface area contributed by atoms with Crippen molar-refractivity contribution in [1.29, 1.82) is 0 Å². The van der Waals surface area contributed by atoms with Crippen LogP contribution in [0.25, 0.3) is 0 Å². The fraction of sp³-hybridized carbons (Fsp3) is 0.0556. The first-order valence-corrected chi connectivity index (χ1v) is 8.16. The zero-order valence-electron chi connectivity index (χ0n) is 12.7. The Morgan fingerprint density at radius 3 is 2.58 bits per heavy atom. The highest BCUT2D eigenvalue weighted by Gasteiger charge is 2.07. The summed E-state index contributed by atoms with van der Waals surface area (Å²) in [5.74, 6) is -0.208. The Bertz CT molecular complexity index is 822. The molecular weight excluding hydrogens is 368 g/mol. The van der Waals surface area contributed by atoms with E-state index in [9.17, 15) is 4.79 Å². The number of anilines is 2. The Hall–Kier alpha value is -2.73. The van der Waals surface area contributed by atoms with Crippen molar-refractivity contribution >= 4 is 33.2 Å². The summed E-state index contributed by atoms with van der Waals surface area (Å²) in [5.41, 5.74) is 3.13. The predicted molar refractivity (Wildman–Crippen MR) is 97.1 cm³/mol. The first-order chi connectivity index (χ1) is 11.7. The second kappa shape index (κ2) is 7.70. The summed E-state index contributed by atoms with van der Waals surface area (Å²) in [6, 6.07) is 15.1. The van der Waals surface area contributed by atoms with Crippen LogP contribution in [-0.4, -0.2) is 15.9 Å². The van der Waals surface area contributed by atoms with Gasteiger partial charge < -0.3 is 10.6 Å². The number of benzene rings is 1. The van der Waals surface area contributed by atoms with E-state index >= 15 is 0 Å². The maximum atomic E-state index is 12.1. The van der Waals surface area contributed by atoms with Gasteiger partial charge in [0.1, 0.15) is 5.69 Å². The fourth-order valence-electron chi connectivity index (χ4n) is 2.11. The average molecular weight is 383 g/mol. The fourth-order valence-corrected chi connectivity index (χ4v) is 2.51. The Morgan fingerprint density at radius 2 is 1.88 bits per heavy atom. The molecule has 120 valence electrons. The lowest BCUT2D eigenvalue weighted by Crippen LogP contribution is -2.23. The summed E-state index contributed by atoms with van der Waals surface area (Å²) in [7, 11) is 0. The van der Waals surface area contributed by atoms with Crippen LogP contribution in [0.3, 0.4) is 0 Å². The van der Waals surface area contributed by atoms with E-state index in [1.54, 1.807) is 24.7 Å². The van der Waals surface area contributed by atoms with Crippen LogP contribution < -0.4 is 10.6 Å². The number of amides is 1. The average Bonchev–Trinajstić information content (AvgIpc) is 2.61. The van der Waals surface area contributed by atoms with Crippen molar-refractivity contribution in [2.75, 3.05) is 5.32 Å². The lowest BCUT2D eigenvalue weighted by atomic mass is 10.2. The highest BCUT2D eigenvalue weighted by molar-refractivity contribution is 9.10. The molecule has 0 bridgehead atoms. The van der Waals surface area contributed by atoms with Gasteiger partial charge in [-0.1, -0.05) is 22.0 Å². The van der Waals surface area contributed by atoms with Gasteiger partial charge in [0, 0.05) is 29.1 Å². The van der Waals surface area contributed by atoms with Gasteiger partial charge >= 0.3 is 0 Å². The largest absolute Gasteiger partial charge is 0.354 e. The highest BCUT2D eigenvalue weighted by atomic mass is 79.9. The molecule has 0 aliphatic carbocycles. The summed E-state index contributed by atoms with van der Waals surface area (Å²) in [6.45, 7) is 0.446. The number of hydrogen-bond donors (Lipinski definition) is 2. The van der Waals surface area contributed by atoms with Crippen LogP contribution in [0.5, 0.6) is 0 Å². The summed E-state index contributed by atoms with van der Waals surface area (Å²) >= 11 is 3.43. The van der Waals surface area contributed by atoms with Gasteiger partial charge in [-0.15, -0.1) is 0 Å². The zero-order valence-corrected chi connectivity index (χ0v) is 14.3. The molecule has 0 atom stereocenters. The molecule has 0 saturated carbocycles. The minimum absolute atomic E-state index is 0.208. The van der Waals surface area contributed by atoms with Crippen molar-refractivity contribution in [3.8, 4) is 0 Å². The van der Waals surface area contributed by atoms with Gasteiger partial charge in [-0.05, 0) is 48.0 Å².